The van der Waals surface area contributed by atoms with Crippen molar-refractivity contribution < 1.29 is 19.4 Å². The van der Waals surface area contributed by atoms with Crippen LogP contribution in [0.5, 0.6) is 23.1 Å². The fourth-order valence-corrected chi connectivity index (χ4v) is 4.78. The number of carbonyl (C=O) groups is 1. The lowest BCUT2D eigenvalue weighted by molar-refractivity contribution is -0.138. The summed E-state index contributed by atoms with van der Waals surface area (Å²) in [6, 6.07) is 22.3. The molecule has 2 unspecified atom stereocenters. The molecule has 9 nitrogen and oxygen atoms in total. The summed E-state index contributed by atoms with van der Waals surface area (Å²) in [5.74, 6) is 2.99. The summed E-state index contributed by atoms with van der Waals surface area (Å²) in [5, 5.41) is 19.5. The standard InChI is InChI=1S/C29H27N5O4/c30-15-19(14-18-6-7-18)29(36)34-17-24-25(34)16-33(24)26-13-12-23(27(31)35)28(32-26)38-22-10-8-21(9-11-22)37-20-4-2-1-3-5-20/h1-5,8-14,18,24-25,27,35H,6-7,16-17,31H2/b19-14+/t24?,25-,27?/m1/s1. The Hall–Kier alpha value is -4.39. The number of hydrogen-bond acceptors (Lipinski definition) is 8. The van der Waals surface area contributed by atoms with Crippen LogP contribution in [0, 0.1) is 17.2 Å². The Morgan fingerprint density at radius 1 is 1.00 bits per heavy atom. The minimum Gasteiger partial charge on any atom is -0.457 e. The van der Waals surface area contributed by atoms with Gasteiger partial charge in [0.15, 0.2) is 0 Å². The number of aromatic nitrogens is 1. The molecule has 9 heteroatoms. The molecule has 6 rings (SSSR count). The van der Waals surface area contributed by atoms with Crippen molar-refractivity contribution >= 4 is 11.7 Å². The Labute approximate surface area is 220 Å². The van der Waals surface area contributed by atoms with Crippen LogP contribution in [0.1, 0.15) is 24.6 Å². The van der Waals surface area contributed by atoms with Gasteiger partial charge in [-0.15, -0.1) is 0 Å². The third-order valence-corrected chi connectivity index (χ3v) is 7.15. The van der Waals surface area contributed by atoms with Crippen LogP contribution in [0.3, 0.4) is 0 Å². The monoisotopic (exact) mass is 509 g/mol. The van der Waals surface area contributed by atoms with Crippen LogP contribution < -0.4 is 20.1 Å². The zero-order valence-corrected chi connectivity index (χ0v) is 20.6. The normalized spacial score (nSPS) is 20.9. The van der Waals surface area contributed by atoms with E-state index >= 15 is 0 Å². The van der Waals surface area contributed by atoms with Crippen molar-refractivity contribution in [3.05, 3.63) is 83.9 Å². The van der Waals surface area contributed by atoms with Gasteiger partial charge in [-0.3, -0.25) is 4.79 Å². The summed E-state index contributed by atoms with van der Waals surface area (Å²) >= 11 is 0. The summed E-state index contributed by atoms with van der Waals surface area (Å²) < 4.78 is 11.9. The number of para-hydroxylation sites is 1. The predicted octanol–water partition coefficient (Wildman–Crippen LogP) is 3.88. The first-order valence-electron chi connectivity index (χ1n) is 12.6. The number of aliphatic hydroxyl groups excluding tert-OH is 1. The van der Waals surface area contributed by atoms with E-state index < -0.39 is 6.23 Å². The Kier molecular flexibility index (Phi) is 6.19. The van der Waals surface area contributed by atoms with E-state index in [4.69, 9.17) is 15.2 Å². The molecule has 3 heterocycles. The number of fused-ring (bicyclic) bond motifs is 1. The van der Waals surface area contributed by atoms with Gasteiger partial charge >= 0.3 is 0 Å². The minimum atomic E-state index is -1.25. The fourth-order valence-electron chi connectivity index (χ4n) is 4.78. The summed E-state index contributed by atoms with van der Waals surface area (Å²) in [5.41, 5.74) is 6.38. The topological polar surface area (TPSA) is 125 Å². The SMILES string of the molecule is N#C/C(=C\C1CC1)C(=O)N1CC2[C@H]1CN2c1ccc(C(N)O)c(Oc2ccc(Oc3ccccc3)cc2)n1. The molecule has 1 aromatic heterocycles. The summed E-state index contributed by atoms with van der Waals surface area (Å²) in [6.45, 7) is 1.15. The number of amides is 1. The van der Waals surface area contributed by atoms with E-state index in [0.29, 0.717) is 41.9 Å². The number of ether oxygens (including phenoxy) is 2. The van der Waals surface area contributed by atoms with E-state index in [1.54, 1.807) is 41.3 Å². The smallest absolute Gasteiger partial charge is 0.264 e. The van der Waals surface area contributed by atoms with Crippen LogP contribution in [0.4, 0.5) is 5.82 Å². The van der Waals surface area contributed by atoms with Crippen molar-refractivity contribution in [1.29, 1.82) is 5.26 Å². The van der Waals surface area contributed by atoms with Gasteiger partial charge in [-0.05, 0) is 67.3 Å². The maximum Gasteiger partial charge on any atom is 0.264 e. The zero-order valence-electron chi connectivity index (χ0n) is 20.6. The molecule has 2 aliphatic heterocycles. The van der Waals surface area contributed by atoms with Gasteiger partial charge in [0.25, 0.3) is 5.91 Å². The molecule has 3 fully saturated rings. The Morgan fingerprint density at radius 2 is 1.68 bits per heavy atom. The third kappa shape index (κ3) is 4.67. The number of likely N-dealkylation sites (tertiary alicyclic amines) is 1. The average molecular weight is 510 g/mol. The largest absolute Gasteiger partial charge is 0.457 e. The molecule has 2 aromatic carbocycles. The molecule has 0 spiro atoms. The molecule has 0 bridgehead atoms. The maximum atomic E-state index is 12.8. The fraction of sp³-hybridized carbons (Fsp3) is 0.276. The molecule has 0 radical (unpaired) electrons. The highest BCUT2D eigenvalue weighted by Gasteiger charge is 2.54. The number of hydrogen-bond donors (Lipinski definition) is 2. The van der Waals surface area contributed by atoms with Crippen molar-refractivity contribution in [2.24, 2.45) is 11.7 Å². The number of aliphatic hydroxyl groups is 1. The number of piperazine rings is 1. The second-order valence-electron chi connectivity index (χ2n) is 9.77. The first kappa shape index (κ1) is 24.0. The van der Waals surface area contributed by atoms with Gasteiger partial charge in [-0.1, -0.05) is 24.3 Å². The van der Waals surface area contributed by atoms with Crippen molar-refractivity contribution in [1.82, 2.24) is 9.88 Å². The summed E-state index contributed by atoms with van der Waals surface area (Å²) in [7, 11) is 0. The highest BCUT2D eigenvalue weighted by molar-refractivity contribution is 5.98. The number of carbonyl (C=O) groups excluding carboxylic acids is 1. The number of rotatable bonds is 8. The van der Waals surface area contributed by atoms with Crippen molar-refractivity contribution in [3.63, 3.8) is 0 Å². The molecular weight excluding hydrogens is 482 g/mol. The molecule has 1 amide bonds. The van der Waals surface area contributed by atoms with E-state index in [2.05, 4.69) is 16.0 Å². The minimum absolute atomic E-state index is 0.0570. The lowest BCUT2D eigenvalue weighted by Gasteiger charge is -2.62. The number of nitrogens with two attached hydrogens (primary N) is 1. The number of anilines is 1. The molecule has 1 aliphatic carbocycles. The van der Waals surface area contributed by atoms with Crippen molar-refractivity contribution in [3.8, 4) is 29.2 Å². The van der Waals surface area contributed by atoms with Crippen LogP contribution in [-0.4, -0.2) is 46.1 Å². The molecule has 38 heavy (non-hydrogen) atoms. The number of nitrogens with zero attached hydrogens (tertiary/aromatic N) is 4. The Morgan fingerprint density at radius 3 is 2.29 bits per heavy atom. The van der Waals surface area contributed by atoms with Gasteiger partial charge in [-0.25, -0.2) is 0 Å². The van der Waals surface area contributed by atoms with Gasteiger partial charge in [0.05, 0.1) is 17.6 Å². The van der Waals surface area contributed by atoms with Crippen LogP contribution in [0.2, 0.25) is 0 Å². The number of allylic oxidation sites excluding steroid dienone is 1. The van der Waals surface area contributed by atoms with Gasteiger partial charge < -0.3 is 30.1 Å². The number of nitriles is 1. The lowest BCUT2D eigenvalue weighted by Crippen LogP contribution is -2.80. The second kappa shape index (κ2) is 9.82. The highest BCUT2D eigenvalue weighted by Crippen LogP contribution is 2.40. The molecule has 2 saturated heterocycles. The molecule has 1 saturated carbocycles. The second-order valence-corrected chi connectivity index (χ2v) is 9.77. The first-order valence-corrected chi connectivity index (χ1v) is 12.6. The van der Waals surface area contributed by atoms with E-state index in [1.165, 1.54) is 0 Å². The molecule has 3 atom stereocenters. The molecule has 3 N–H and O–H groups in total. The van der Waals surface area contributed by atoms with Crippen LogP contribution in [-0.2, 0) is 4.79 Å². The average Bonchev–Trinajstić information content (AvgIpc) is 3.74. The van der Waals surface area contributed by atoms with Gasteiger partial charge in [0.1, 0.15) is 40.9 Å². The van der Waals surface area contributed by atoms with Gasteiger partial charge in [0, 0.05) is 13.1 Å². The van der Waals surface area contributed by atoms with Crippen LogP contribution in [0.15, 0.2) is 78.4 Å². The van der Waals surface area contributed by atoms with Gasteiger partial charge in [0.2, 0.25) is 5.88 Å². The summed E-state index contributed by atoms with van der Waals surface area (Å²) in [6.07, 6.45) is 2.66. The van der Waals surface area contributed by atoms with Crippen LogP contribution in [0.25, 0.3) is 0 Å². The number of pyridine rings is 1. The Balaban J connectivity index is 1.13. The molecule has 3 aliphatic rings. The van der Waals surface area contributed by atoms with Crippen molar-refractivity contribution in [2.45, 2.75) is 31.2 Å². The van der Waals surface area contributed by atoms with E-state index in [1.807, 2.05) is 36.4 Å². The van der Waals surface area contributed by atoms with Crippen LogP contribution >= 0.6 is 0 Å². The Bertz CT molecular complexity index is 1410. The molecular formula is C29H27N5O4. The van der Waals surface area contributed by atoms with E-state index in [0.717, 1.165) is 18.6 Å². The zero-order chi connectivity index (χ0) is 26.2. The molecule has 3 aromatic rings. The molecule has 192 valence electrons. The highest BCUT2D eigenvalue weighted by atomic mass is 16.5. The quantitative estimate of drug-likeness (QED) is 0.266. The maximum absolute atomic E-state index is 12.8. The summed E-state index contributed by atoms with van der Waals surface area (Å²) in [4.78, 5) is 21.3. The third-order valence-electron chi connectivity index (χ3n) is 7.15. The van der Waals surface area contributed by atoms with E-state index in [9.17, 15) is 15.2 Å². The van der Waals surface area contributed by atoms with Gasteiger partial charge in [-0.2, -0.15) is 10.2 Å². The number of benzene rings is 2. The lowest BCUT2D eigenvalue weighted by atomic mass is 9.84. The van der Waals surface area contributed by atoms with E-state index in [-0.39, 0.29) is 29.4 Å². The van der Waals surface area contributed by atoms with Crippen molar-refractivity contribution in [2.75, 3.05) is 18.0 Å². The predicted molar refractivity (Wildman–Crippen MR) is 139 cm³/mol. The first-order chi connectivity index (χ1) is 18.5.